The molecule has 2 heteroatoms. The molecule has 5 rings (SSSR count). The van der Waals surface area contributed by atoms with Crippen molar-refractivity contribution in [1.82, 2.24) is 0 Å². The maximum Gasteiger partial charge on any atom is 0.0594 e. The van der Waals surface area contributed by atoms with Gasteiger partial charge in [-0.25, -0.2) is 0 Å². The molecule has 0 heterocycles. The van der Waals surface area contributed by atoms with E-state index < -0.39 is 0 Å². The summed E-state index contributed by atoms with van der Waals surface area (Å²) in [4.78, 5) is 0. The van der Waals surface area contributed by atoms with E-state index in [4.69, 9.17) is 0 Å². The predicted molar refractivity (Wildman–Crippen MR) is 127 cm³/mol. The Morgan fingerprint density at radius 3 is 2.39 bits per heavy atom. The van der Waals surface area contributed by atoms with Crippen LogP contribution < -0.4 is 0 Å². The van der Waals surface area contributed by atoms with Gasteiger partial charge in [0.2, 0.25) is 0 Å². The van der Waals surface area contributed by atoms with E-state index in [1.807, 2.05) is 0 Å². The van der Waals surface area contributed by atoms with Gasteiger partial charge in [0.05, 0.1) is 12.2 Å². The Hall–Kier alpha value is -0.340. The van der Waals surface area contributed by atoms with Crippen LogP contribution in [0.4, 0.5) is 0 Å². The highest BCUT2D eigenvalue weighted by atomic mass is 16.3. The van der Waals surface area contributed by atoms with Gasteiger partial charge in [-0.15, -0.1) is 6.58 Å². The van der Waals surface area contributed by atoms with Crippen molar-refractivity contribution in [2.75, 3.05) is 0 Å². The topological polar surface area (TPSA) is 40.5 Å². The van der Waals surface area contributed by atoms with Crippen molar-refractivity contribution < 1.29 is 10.2 Å². The van der Waals surface area contributed by atoms with E-state index in [9.17, 15) is 10.2 Å². The average Bonchev–Trinajstić information content (AvgIpc) is 3.26. The van der Waals surface area contributed by atoms with Gasteiger partial charge in [0.1, 0.15) is 0 Å². The lowest BCUT2D eigenvalue weighted by Crippen LogP contribution is -2.54. The Balaban J connectivity index is 1.36. The third kappa shape index (κ3) is 2.89. The molecule has 0 aliphatic heterocycles. The lowest BCUT2D eigenvalue weighted by atomic mass is 9.46. The van der Waals surface area contributed by atoms with Gasteiger partial charge >= 0.3 is 0 Å². The Bertz CT molecular complexity index is 741. The summed E-state index contributed by atoms with van der Waals surface area (Å²) < 4.78 is 0. The second-order valence-corrected chi connectivity index (χ2v) is 13.8. The van der Waals surface area contributed by atoms with Crippen LogP contribution in [0.5, 0.6) is 0 Å². The molecule has 2 nitrogen and oxygen atoms in total. The second-order valence-electron chi connectivity index (χ2n) is 13.8. The van der Waals surface area contributed by atoms with Crippen LogP contribution in [-0.4, -0.2) is 22.4 Å². The molecule has 0 radical (unpaired) electrons. The zero-order valence-electron chi connectivity index (χ0n) is 20.9. The number of allylic oxidation sites excluding steroid dienone is 1. The highest BCUT2D eigenvalue weighted by Gasteiger charge is 2.80. The van der Waals surface area contributed by atoms with Crippen LogP contribution in [0.25, 0.3) is 0 Å². The van der Waals surface area contributed by atoms with E-state index in [0.717, 1.165) is 37.0 Å². The quantitative estimate of drug-likeness (QED) is 0.475. The molecule has 5 aliphatic carbocycles. The fraction of sp³-hybridized carbons (Fsp3) is 0.931. The summed E-state index contributed by atoms with van der Waals surface area (Å²) in [7, 11) is 0. The van der Waals surface area contributed by atoms with Gasteiger partial charge in [-0.3, -0.25) is 0 Å². The number of aliphatic hydroxyl groups excluding tert-OH is 2. The summed E-state index contributed by atoms with van der Waals surface area (Å²) in [6, 6.07) is 0. The Morgan fingerprint density at radius 1 is 0.968 bits per heavy atom. The molecule has 31 heavy (non-hydrogen) atoms. The van der Waals surface area contributed by atoms with Crippen molar-refractivity contribution in [3.05, 3.63) is 12.2 Å². The monoisotopic (exact) mass is 428 g/mol. The molecular weight excluding hydrogens is 380 g/mol. The van der Waals surface area contributed by atoms with Crippen LogP contribution in [0.1, 0.15) is 105 Å². The van der Waals surface area contributed by atoms with Gasteiger partial charge in [0, 0.05) is 0 Å². The van der Waals surface area contributed by atoms with Gasteiger partial charge in [0.15, 0.2) is 0 Å². The molecule has 0 aromatic heterocycles. The summed E-state index contributed by atoms with van der Waals surface area (Å²) in [5.41, 5.74) is 2.84. The van der Waals surface area contributed by atoms with Crippen molar-refractivity contribution in [3.63, 3.8) is 0 Å². The third-order valence-electron chi connectivity index (χ3n) is 12.4. The fourth-order valence-electron chi connectivity index (χ4n) is 10.7. The maximum atomic E-state index is 11.0. The zero-order chi connectivity index (χ0) is 22.4. The minimum atomic E-state index is -0.184. The Labute approximate surface area is 191 Å². The first kappa shape index (κ1) is 22.5. The van der Waals surface area contributed by atoms with E-state index in [0.29, 0.717) is 28.1 Å². The lowest BCUT2D eigenvalue weighted by molar-refractivity contribution is -0.135. The fourth-order valence-corrected chi connectivity index (χ4v) is 10.7. The minimum Gasteiger partial charge on any atom is -0.393 e. The SMILES string of the molecule is C=C(C)CC[C@@H](O)[C@@H](C)[C@H]1CC[C@H]2[C@@H]3CC[C@@H]4C(C)(C)[C@@H](O)CC[C@@]45C[C@@]35CC[C@]12C. The van der Waals surface area contributed by atoms with Crippen molar-refractivity contribution in [2.45, 2.75) is 117 Å². The van der Waals surface area contributed by atoms with E-state index in [1.54, 1.807) is 0 Å². The van der Waals surface area contributed by atoms with Crippen LogP contribution in [0.2, 0.25) is 0 Å². The van der Waals surface area contributed by atoms with Crippen molar-refractivity contribution in [1.29, 1.82) is 0 Å². The highest BCUT2D eigenvalue weighted by molar-refractivity contribution is 5.28. The van der Waals surface area contributed by atoms with Gasteiger partial charge in [0.25, 0.3) is 0 Å². The van der Waals surface area contributed by atoms with Gasteiger partial charge < -0.3 is 10.2 Å². The largest absolute Gasteiger partial charge is 0.393 e. The van der Waals surface area contributed by atoms with E-state index in [2.05, 4.69) is 41.2 Å². The van der Waals surface area contributed by atoms with Gasteiger partial charge in [-0.2, -0.15) is 0 Å². The molecule has 0 amide bonds. The molecule has 176 valence electrons. The van der Waals surface area contributed by atoms with Crippen molar-refractivity contribution >= 4 is 0 Å². The first-order valence-electron chi connectivity index (χ1n) is 13.5. The Kier molecular flexibility index (Phi) is 5.13. The zero-order valence-corrected chi connectivity index (χ0v) is 20.9. The Morgan fingerprint density at radius 2 is 1.68 bits per heavy atom. The molecule has 10 atom stereocenters. The van der Waals surface area contributed by atoms with E-state index in [-0.39, 0.29) is 17.6 Å². The standard InChI is InChI=1S/C29H48O2/c1-18(2)7-11-23(30)19(3)20-8-9-21-22-10-12-24-26(4,5)25(31)13-14-29(24)17-28(22,29)16-15-27(20,21)6/h19-25,30-31H,1,7-17H2,2-6H3/t19-,20+,21-,22-,23+,24+,25-,27+,28-,29+/m0/s1. The molecule has 0 bridgehead atoms. The third-order valence-corrected chi connectivity index (χ3v) is 12.4. The first-order valence-corrected chi connectivity index (χ1v) is 13.5. The molecule has 2 spiro atoms. The molecule has 0 unspecified atom stereocenters. The van der Waals surface area contributed by atoms with Crippen LogP contribution in [0.3, 0.4) is 0 Å². The van der Waals surface area contributed by atoms with Gasteiger partial charge in [-0.1, -0.05) is 33.3 Å². The maximum absolute atomic E-state index is 11.0. The number of rotatable bonds is 5. The molecule has 5 aliphatic rings. The molecule has 5 fully saturated rings. The van der Waals surface area contributed by atoms with Crippen LogP contribution in [-0.2, 0) is 0 Å². The highest BCUT2D eigenvalue weighted by Crippen LogP contribution is 2.87. The van der Waals surface area contributed by atoms with Gasteiger partial charge in [-0.05, 0) is 129 Å². The summed E-state index contributed by atoms with van der Waals surface area (Å²) in [6.45, 7) is 15.8. The number of fused-ring (bicyclic) bond motifs is 2. The predicted octanol–water partition coefficient (Wildman–Crippen LogP) is 6.75. The first-order chi connectivity index (χ1) is 14.5. The lowest BCUT2D eigenvalue weighted by Gasteiger charge is -2.59. The number of hydrogen-bond acceptors (Lipinski definition) is 2. The molecule has 0 saturated heterocycles. The van der Waals surface area contributed by atoms with Crippen molar-refractivity contribution in [3.8, 4) is 0 Å². The van der Waals surface area contributed by atoms with Crippen LogP contribution >= 0.6 is 0 Å². The summed E-state index contributed by atoms with van der Waals surface area (Å²) in [6.07, 6.45) is 13.5. The normalized spacial score (nSPS) is 51.6. The average molecular weight is 429 g/mol. The molecular formula is C29H48O2. The smallest absolute Gasteiger partial charge is 0.0594 e. The van der Waals surface area contributed by atoms with E-state index in [1.165, 1.54) is 56.9 Å². The number of aliphatic hydroxyl groups is 2. The van der Waals surface area contributed by atoms with E-state index >= 15 is 0 Å². The summed E-state index contributed by atoms with van der Waals surface area (Å²) in [5.74, 6) is 3.56. The summed E-state index contributed by atoms with van der Waals surface area (Å²) in [5, 5.41) is 21.8. The number of hydrogen-bond donors (Lipinski definition) is 2. The van der Waals surface area contributed by atoms with Crippen LogP contribution in [0, 0.1) is 51.2 Å². The molecule has 0 aromatic rings. The molecule has 5 saturated carbocycles. The second kappa shape index (κ2) is 7.08. The molecule has 2 N–H and O–H groups in total. The molecule has 0 aromatic carbocycles. The minimum absolute atomic E-state index is 0.0909. The summed E-state index contributed by atoms with van der Waals surface area (Å²) >= 11 is 0. The van der Waals surface area contributed by atoms with Crippen LogP contribution in [0.15, 0.2) is 12.2 Å². The van der Waals surface area contributed by atoms with Crippen molar-refractivity contribution in [2.24, 2.45) is 51.2 Å².